The second-order valence-corrected chi connectivity index (χ2v) is 4.31. The summed E-state index contributed by atoms with van der Waals surface area (Å²) < 4.78 is 5.37. The van der Waals surface area contributed by atoms with E-state index in [1.807, 2.05) is 18.2 Å². The van der Waals surface area contributed by atoms with E-state index in [-0.39, 0.29) is 36.2 Å². The van der Waals surface area contributed by atoms with Crippen molar-refractivity contribution in [1.82, 2.24) is 4.90 Å². The molecule has 1 aliphatic heterocycles. The summed E-state index contributed by atoms with van der Waals surface area (Å²) in [5, 5.41) is 0. The molecule has 1 radical (unpaired) electrons. The maximum Gasteiger partial charge on any atom is 1.00 e. The first-order valence-electron chi connectivity index (χ1n) is 5.73. The van der Waals surface area contributed by atoms with E-state index >= 15 is 0 Å². The number of rotatable bonds is 3. The molecule has 0 saturated carbocycles. The number of hydrogen-bond acceptors (Lipinski definition) is 3. The predicted octanol–water partition coefficient (Wildman–Crippen LogP) is -0.408. The molecule has 18 heavy (non-hydrogen) atoms. The van der Waals surface area contributed by atoms with E-state index in [1.54, 1.807) is 7.11 Å². The third kappa shape index (κ3) is 3.90. The Morgan fingerprint density at radius 1 is 1.22 bits per heavy atom. The first kappa shape index (κ1) is 17.8. The Kier molecular flexibility index (Phi) is 7.99. The minimum absolute atomic E-state index is 0. The maximum absolute atomic E-state index is 5.37. The van der Waals surface area contributed by atoms with E-state index in [0.29, 0.717) is 6.04 Å². The summed E-state index contributed by atoms with van der Waals surface area (Å²) in [5.74, 6) is 0.935. The predicted molar refractivity (Wildman–Crippen MR) is 68.6 cm³/mol. The van der Waals surface area contributed by atoms with E-state index in [1.165, 1.54) is 0 Å². The fraction of sp³-hybridized carbons (Fsp3) is 0.462. The maximum atomic E-state index is 5.37. The van der Waals surface area contributed by atoms with Crippen LogP contribution in [0.3, 0.4) is 0 Å². The van der Waals surface area contributed by atoms with Crippen LogP contribution in [0.2, 0.25) is 0 Å². The Bertz CT molecular complexity index is 368. The van der Waals surface area contributed by atoms with E-state index in [4.69, 9.17) is 4.74 Å². The molecule has 2 rings (SSSR count). The second kappa shape index (κ2) is 8.08. The standard InChI is InChI=1S/C13H19N2O.Au.ClH.H2/c1-11(2)14-8-9-15(10-14)12-6-4-5-7-13(12)16-3;;;/h4-7,10-11H,8-9H2,1-3H3;;2*1H/q;+1;;/p-1. The summed E-state index contributed by atoms with van der Waals surface area (Å²) in [6.07, 6.45) is 0. The average molecular weight is 454 g/mol. The summed E-state index contributed by atoms with van der Waals surface area (Å²) in [6, 6.07) is 8.70. The number of halogens is 1. The molecule has 1 heterocycles. The molecule has 1 aromatic rings. The molecular formula is C13H21AuClN2O. The van der Waals surface area contributed by atoms with Gasteiger partial charge in [0.05, 0.1) is 12.8 Å². The molecule has 5 heteroatoms. The molecule has 0 bridgehead atoms. The first-order chi connectivity index (χ1) is 7.72. The topological polar surface area (TPSA) is 15.7 Å². The third-order valence-corrected chi connectivity index (χ3v) is 2.94. The molecule has 1 aromatic carbocycles. The number of hydrogen-bond donors (Lipinski definition) is 0. The number of methoxy groups -OCH3 is 1. The number of para-hydroxylation sites is 2. The molecule has 1 aliphatic rings. The van der Waals surface area contributed by atoms with Crippen molar-refractivity contribution in [3.63, 3.8) is 0 Å². The van der Waals surface area contributed by atoms with Gasteiger partial charge in [0.1, 0.15) is 12.4 Å². The fourth-order valence-corrected chi connectivity index (χ4v) is 1.96. The molecule has 0 amide bonds. The molecule has 0 aliphatic carbocycles. The van der Waals surface area contributed by atoms with Crippen LogP contribution in [0.4, 0.5) is 5.69 Å². The Balaban J connectivity index is 0. The Labute approximate surface area is 133 Å². The van der Waals surface area contributed by atoms with Gasteiger partial charge in [-0.1, -0.05) is 12.1 Å². The Hall–Kier alpha value is -0.190. The van der Waals surface area contributed by atoms with Gasteiger partial charge in [0, 0.05) is 20.6 Å². The van der Waals surface area contributed by atoms with Gasteiger partial charge in [-0.3, -0.25) is 4.90 Å². The van der Waals surface area contributed by atoms with E-state index in [2.05, 4.69) is 36.4 Å². The molecule has 0 spiro atoms. The van der Waals surface area contributed by atoms with Gasteiger partial charge in [0.2, 0.25) is 0 Å². The van der Waals surface area contributed by atoms with Crippen molar-refractivity contribution in [2.75, 3.05) is 25.1 Å². The molecule has 1 fully saturated rings. The normalized spacial score (nSPS) is 15.2. The zero-order valence-electron chi connectivity index (χ0n) is 10.9. The van der Waals surface area contributed by atoms with Gasteiger partial charge in [-0.25, -0.2) is 0 Å². The van der Waals surface area contributed by atoms with Crippen LogP contribution in [0.5, 0.6) is 5.75 Å². The molecule has 0 aromatic heterocycles. The van der Waals surface area contributed by atoms with Crippen molar-refractivity contribution in [3.05, 3.63) is 30.9 Å². The quantitative estimate of drug-likeness (QED) is 0.579. The zero-order chi connectivity index (χ0) is 11.5. The molecule has 0 unspecified atom stereocenters. The molecule has 107 valence electrons. The summed E-state index contributed by atoms with van der Waals surface area (Å²) in [5.41, 5.74) is 1.15. The van der Waals surface area contributed by atoms with Crippen molar-refractivity contribution in [2.45, 2.75) is 19.9 Å². The van der Waals surface area contributed by atoms with Crippen LogP contribution in [0.15, 0.2) is 24.3 Å². The van der Waals surface area contributed by atoms with Crippen molar-refractivity contribution in [1.29, 1.82) is 0 Å². The van der Waals surface area contributed by atoms with Crippen molar-refractivity contribution in [3.8, 4) is 5.75 Å². The summed E-state index contributed by atoms with van der Waals surface area (Å²) in [7, 11) is 1.72. The second-order valence-electron chi connectivity index (χ2n) is 4.31. The number of anilines is 1. The summed E-state index contributed by atoms with van der Waals surface area (Å²) in [4.78, 5) is 4.59. The minimum Gasteiger partial charge on any atom is -1.00 e. The number of benzene rings is 1. The van der Waals surface area contributed by atoms with Gasteiger partial charge in [0.15, 0.2) is 0 Å². The summed E-state index contributed by atoms with van der Waals surface area (Å²) >= 11 is 0. The van der Waals surface area contributed by atoms with Crippen LogP contribution in [0, 0.1) is 6.67 Å². The molecular weight excluding hydrogens is 433 g/mol. The van der Waals surface area contributed by atoms with E-state index < -0.39 is 0 Å². The van der Waals surface area contributed by atoms with E-state index in [0.717, 1.165) is 24.5 Å². The molecule has 3 nitrogen and oxygen atoms in total. The average Bonchev–Trinajstić information content (AvgIpc) is 2.78. The number of nitrogens with zero attached hydrogens (tertiary/aromatic N) is 2. The minimum atomic E-state index is 0. The smallest absolute Gasteiger partial charge is 1.00 e. The van der Waals surface area contributed by atoms with Crippen LogP contribution in [-0.2, 0) is 22.4 Å². The van der Waals surface area contributed by atoms with Crippen LogP contribution in [0.1, 0.15) is 15.3 Å². The Morgan fingerprint density at radius 3 is 2.44 bits per heavy atom. The van der Waals surface area contributed by atoms with Crippen LogP contribution >= 0.6 is 0 Å². The van der Waals surface area contributed by atoms with Gasteiger partial charge in [-0.2, -0.15) is 0 Å². The van der Waals surface area contributed by atoms with Crippen LogP contribution < -0.4 is 22.0 Å². The molecule has 0 N–H and O–H groups in total. The van der Waals surface area contributed by atoms with Gasteiger partial charge in [-0.15, -0.1) is 0 Å². The molecule has 0 atom stereocenters. The van der Waals surface area contributed by atoms with Gasteiger partial charge in [-0.05, 0) is 26.0 Å². The van der Waals surface area contributed by atoms with Crippen molar-refractivity contribution >= 4 is 5.69 Å². The number of ether oxygens (including phenoxy) is 1. The first-order valence-corrected chi connectivity index (χ1v) is 5.73. The van der Waals surface area contributed by atoms with Crippen LogP contribution in [0.25, 0.3) is 0 Å². The summed E-state index contributed by atoms with van der Waals surface area (Å²) in [6.45, 7) is 8.71. The third-order valence-electron chi connectivity index (χ3n) is 2.94. The largest absolute Gasteiger partial charge is 1.00 e. The van der Waals surface area contributed by atoms with Crippen LogP contribution in [-0.4, -0.2) is 31.1 Å². The van der Waals surface area contributed by atoms with Gasteiger partial charge < -0.3 is 22.0 Å². The molecule has 1 saturated heterocycles. The van der Waals surface area contributed by atoms with Crippen molar-refractivity contribution in [2.24, 2.45) is 0 Å². The van der Waals surface area contributed by atoms with E-state index in [9.17, 15) is 0 Å². The Morgan fingerprint density at radius 2 is 1.89 bits per heavy atom. The van der Waals surface area contributed by atoms with Gasteiger partial charge >= 0.3 is 22.4 Å². The SMILES string of the molecule is COc1ccccc1N1[CH]N(C(C)C)CC1.[Au+].[Cl-].[HH]. The van der Waals surface area contributed by atoms with Crippen molar-refractivity contribution < 1.29 is 41.0 Å². The monoisotopic (exact) mass is 453 g/mol. The zero-order valence-corrected chi connectivity index (χ0v) is 13.8. The van der Waals surface area contributed by atoms with Gasteiger partial charge in [0.25, 0.3) is 0 Å². The fourth-order valence-electron chi connectivity index (χ4n) is 1.96.